The second kappa shape index (κ2) is 5.26. The lowest BCUT2D eigenvalue weighted by molar-refractivity contribution is 0.0780. The van der Waals surface area contributed by atoms with Crippen molar-refractivity contribution in [3.05, 3.63) is 59.7 Å². The van der Waals surface area contributed by atoms with Gasteiger partial charge in [0.1, 0.15) is 5.69 Å². The van der Waals surface area contributed by atoms with E-state index in [-0.39, 0.29) is 11.9 Å². The van der Waals surface area contributed by atoms with Gasteiger partial charge in [-0.05, 0) is 50.6 Å². The highest BCUT2D eigenvalue weighted by atomic mass is 16.2. The normalized spacial score (nSPS) is 18.0. The van der Waals surface area contributed by atoms with Gasteiger partial charge in [0.05, 0.1) is 11.7 Å². The van der Waals surface area contributed by atoms with E-state index in [1.54, 1.807) is 0 Å². The molecule has 4 heterocycles. The Kier molecular flexibility index (Phi) is 3.22. The lowest BCUT2D eigenvalue weighted by Crippen LogP contribution is -2.30. The summed E-state index contributed by atoms with van der Waals surface area (Å²) in [6.07, 6.45) is 2.90. The molecule has 1 atom stereocenters. The van der Waals surface area contributed by atoms with Gasteiger partial charge in [-0.2, -0.15) is 5.10 Å². The van der Waals surface area contributed by atoms with Crippen LogP contribution in [-0.4, -0.2) is 38.1 Å². The Morgan fingerprint density at radius 2 is 2.09 bits per heavy atom. The van der Waals surface area contributed by atoms with E-state index in [0.717, 1.165) is 42.1 Å². The van der Waals surface area contributed by atoms with Crippen molar-refractivity contribution in [2.24, 2.45) is 0 Å². The number of hydrogen-bond acceptors (Lipinski definition) is 2. The molecule has 0 spiro atoms. The Morgan fingerprint density at radius 3 is 2.87 bits per heavy atom. The van der Waals surface area contributed by atoms with Gasteiger partial charge < -0.3 is 9.30 Å². The minimum absolute atomic E-state index is 0.0974. The predicted octanol–water partition coefficient (Wildman–Crippen LogP) is 2.84. The SMILES string of the molecule is Cc1cc(C)n(C2CCN(C(=O)c3ccc4ccccn34)C2)n1. The third-order valence-corrected chi connectivity index (χ3v) is 4.62. The first kappa shape index (κ1) is 14.1. The molecule has 0 aromatic carbocycles. The summed E-state index contributed by atoms with van der Waals surface area (Å²) in [7, 11) is 0. The molecular formula is C18H20N4O. The van der Waals surface area contributed by atoms with Gasteiger partial charge >= 0.3 is 0 Å². The maximum Gasteiger partial charge on any atom is 0.270 e. The van der Waals surface area contributed by atoms with E-state index in [9.17, 15) is 4.79 Å². The van der Waals surface area contributed by atoms with Gasteiger partial charge in [-0.1, -0.05) is 6.07 Å². The van der Waals surface area contributed by atoms with Crippen molar-refractivity contribution in [2.75, 3.05) is 13.1 Å². The first-order chi connectivity index (χ1) is 11.1. The molecule has 0 N–H and O–H groups in total. The summed E-state index contributed by atoms with van der Waals surface area (Å²) in [5.74, 6) is 0.0974. The first-order valence-electron chi connectivity index (χ1n) is 8.01. The van der Waals surface area contributed by atoms with Crippen molar-refractivity contribution in [1.82, 2.24) is 19.1 Å². The van der Waals surface area contributed by atoms with Crippen molar-refractivity contribution >= 4 is 11.4 Å². The van der Waals surface area contributed by atoms with Crippen molar-refractivity contribution < 1.29 is 4.79 Å². The molecule has 0 bridgehead atoms. The molecule has 0 aliphatic carbocycles. The summed E-state index contributed by atoms with van der Waals surface area (Å²) >= 11 is 0. The van der Waals surface area contributed by atoms with Crippen LogP contribution >= 0.6 is 0 Å². The largest absolute Gasteiger partial charge is 0.335 e. The zero-order valence-corrected chi connectivity index (χ0v) is 13.4. The fourth-order valence-electron chi connectivity index (χ4n) is 3.53. The number of aromatic nitrogens is 3. The van der Waals surface area contributed by atoms with E-state index in [1.165, 1.54) is 0 Å². The van der Waals surface area contributed by atoms with E-state index in [1.807, 2.05) is 52.8 Å². The van der Waals surface area contributed by atoms with Crippen LogP contribution in [0.2, 0.25) is 0 Å². The van der Waals surface area contributed by atoms with Crippen LogP contribution in [0.25, 0.3) is 5.52 Å². The van der Waals surface area contributed by atoms with Crippen LogP contribution < -0.4 is 0 Å². The number of amides is 1. The van der Waals surface area contributed by atoms with E-state index >= 15 is 0 Å². The Labute approximate surface area is 135 Å². The number of fused-ring (bicyclic) bond motifs is 1. The lowest BCUT2D eigenvalue weighted by atomic mass is 10.2. The van der Waals surface area contributed by atoms with Crippen molar-refractivity contribution in [3.8, 4) is 0 Å². The van der Waals surface area contributed by atoms with Gasteiger partial charge in [0.15, 0.2) is 0 Å². The van der Waals surface area contributed by atoms with Gasteiger partial charge in [0.25, 0.3) is 5.91 Å². The van der Waals surface area contributed by atoms with E-state index in [2.05, 4.69) is 22.8 Å². The number of hydrogen-bond donors (Lipinski definition) is 0. The standard InChI is InChI=1S/C18H20N4O/c1-13-11-14(2)22(19-13)16-8-10-20(12-16)18(23)17-7-6-15-5-3-4-9-21(15)17/h3-7,9,11,16H,8,10,12H2,1-2H3. The highest BCUT2D eigenvalue weighted by Crippen LogP contribution is 2.25. The molecule has 1 fully saturated rings. The molecule has 5 nitrogen and oxygen atoms in total. The van der Waals surface area contributed by atoms with Crippen molar-refractivity contribution in [3.63, 3.8) is 0 Å². The quantitative estimate of drug-likeness (QED) is 0.730. The summed E-state index contributed by atoms with van der Waals surface area (Å²) in [4.78, 5) is 14.8. The number of pyridine rings is 1. The van der Waals surface area contributed by atoms with Crippen molar-refractivity contribution in [2.45, 2.75) is 26.3 Å². The van der Waals surface area contributed by atoms with Crippen LogP contribution in [0, 0.1) is 13.8 Å². The highest BCUT2D eigenvalue weighted by Gasteiger charge is 2.30. The molecule has 1 amide bonds. The zero-order chi connectivity index (χ0) is 16.0. The van der Waals surface area contributed by atoms with Gasteiger partial charge in [-0.25, -0.2) is 0 Å². The van der Waals surface area contributed by atoms with Gasteiger partial charge in [-0.15, -0.1) is 0 Å². The van der Waals surface area contributed by atoms with E-state index < -0.39 is 0 Å². The van der Waals surface area contributed by atoms with Gasteiger partial charge in [0.2, 0.25) is 0 Å². The average Bonchev–Trinajstić information content (AvgIpc) is 3.24. The van der Waals surface area contributed by atoms with Crippen LogP contribution in [0.1, 0.15) is 34.3 Å². The minimum Gasteiger partial charge on any atom is -0.335 e. The summed E-state index contributed by atoms with van der Waals surface area (Å²) in [6.45, 7) is 5.59. The van der Waals surface area contributed by atoms with Crippen LogP contribution in [0.5, 0.6) is 0 Å². The average molecular weight is 308 g/mol. The first-order valence-corrected chi connectivity index (χ1v) is 8.01. The topological polar surface area (TPSA) is 42.5 Å². The maximum atomic E-state index is 12.9. The number of aryl methyl sites for hydroxylation is 2. The molecule has 4 rings (SSSR count). The molecule has 118 valence electrons. The molecule has 3 aromatic heterocycles. The highest BCUT2D eigenvalue weighted by molar-refractivity contribution is 5.94. The number of nitrogens with zero attached hydrogens (tertiary/aromatic N) is 4. The second-order valence-electron chi connectivity index (χ2n) is 6.28. The molecule has 0 radical (unpaired) electrons. The molecule has 1 saturated heterocycles. The Balaban J connectivity index is 1.58. The Hall–Kier alpha value is -2.56. The molecule has 3 aromatic rings. The van der Waals surface area contributed by atoms with Crippen LogP contribution in [0.4, 0.5) is 0 Å². The molecule has 1 unspecified atom stereocenters. The van der Waals surface area contributed by atoms with Crippen LogP contribution in [0.3, 0.4) is 0 Å². The Morgan fingerprint density at radius 1 is 1.22 bits per heavy atom. The van der Waals surface area contributed by atoms with Crippen molar-refractivity contribution in [1.29, 1.82) is 0 Å². The number of carbonyl (C=O) groups excluding carboxylic acids is 1. The smallest absolute Gasteiger partial charge is 0.270 e. The van der Waals surface area contributed by atoms with Gasteiger partial charge in [-0.3, -0.25) is 9.48 Å². The third kappa shape index (κ3) is 2.32. The van der Waals surface area contributed by atoms with Crippen LogP contribution in [-0.2, 0) is 0 Å². The number of carbonyl (C=O) groups is 1. The van der Waals surface area contributed by atoms with Gasteiger partial charge in [0, 0.05) is 30.5 Å². The Bertz CT molecular complexity index is 876. The fourth-order valence-corrected chi connectivity index (χ4v) is 3.53. The molecule has 1 aliphatic heterocycles. The molecular weight excluding hydrogens is 288 g/mol. The van der Waals surface area contributed by atoms with E-state index in [0.29, 0.717) is 0 Å². The number of likely N-dealkylation sites (tertiary alicyclic amines) is 1. The third-order valence-electron chi connectivity index (χ3n) is 4.62. The molecule has 1 aliphatic rings. The predicted molar refractivity (Wildman–Crippen MR) is 88.7 cm³/mol. The zero-order valence-electron chi connectivity index (χ0n) is 13.4. The summed E-state index contributed by atoms with van der Waals surface area (Å²) in [5.41, 5.74) is 3.97. The molecule has 5 heteroatoms. The fraction of sp³-hybridized carbons (Fsp3) is 0.333. The summed E-state index contributed by atoms with van der Waals surface area (Å²) < 4.78 is 4.03. The molecule has 23 heavy (non-hydrogen) atoms. The second-order valence-corrected chi connectivity index (χ2v) is 6.28. The lowest BCUT2D eigenvalue weighted by Gasteiger charge is -2.17. The summed E-state index contributed by atoms with van der Waals surface area (Å²) in [6, 6.07) is 12.2. The number of rotatable bonds is 2. The minimum atomic E-state index is 0.0974. The van der Waals surface area contributed by atoms with E-state index in [4.69, 9.17) is 0 Å². The maximum absolute atomic E-state index is 12.9. The molecule has 0 saturated carbocycles. The summed E-state index contributed by atoms with van der Waals surface area (Å²) in [5, 5.41) is 4.57. The monoisotopic (exact) mass is 308 g/mol. The van der Waals surface area contributed by atoms with Crippen LogP contribution in [0.15, 0.2) is 42.6 Å².